The summed E-state index contributed by atoms with van der Waals surface area (Å²) in [7, 11) is 0. The Balaban J connectivity index is 1.49. The van der Waals surface area contributed by atoms with Gasteiger partial charge in [-0.25, -0.2) is 0 Å². The van der Waals surface area contributed by atoms with Crippen LogP contribution in [0, 0.1) is 0 Å². The fourth-order valence-electron chi connectivity index (χ4n) is 4.75. The van der Waals surface area contributed by atoms with Crippen molar-refractivity contribution in [3.63, 3.8) is 0 Å². The predicted molar refractivity (Wildman–Crippen MR) is 155 cm³/mol. The number of hydrogen-bond acceptors (Lipinski definition) is 3. The second-order valence-corrected chi connectivity index (χ2v) is 15.6. The van der Waals surface area contributed by atoms with Crippen molar-refractivity contribution in [1.29, 1.82) is 0 Å². The van der Waals surface area contributed by atoms with Crippen LogP contribution in [0.5, 0.6) is 5.75 Å². The Bertz CT molecular complexity index is 1120. The number of unbranched alkanes of at least 4 members (excludes halogenated alkanes) is 3. The zero-order valence-corrected chi connectivity index (χ0v) is 21.7. The first-order valence-corrected chi connectivity index (χ1v) is 15.5. The summed E-state index contributed by atoms with van der Waals surface area (Å²) in [6, 6.07) is 37.5. The predicted octanol–water partition coefficient (Wildman–Crippen LogP) is 6.47. The van der Waals surface area contributed by atoms with E-state index in [1.54, 1.807) is 12.1 Å². The number of nitrogen functional groups attached to an aromatic ring is 2. The van der Waals surface area contributed by atoms with Crippen LogP contribution in [0.3, 0.4) is 0 Å². The van der Waals surface area contributed by atoms with E-state index in [1.807, 2.05) is 6.07 Å². The Kier molecular flexibility index (Phi) is 8.00. The first kappa shape index (κ1) is 25.1. The molecule has 0 aliphatic heterocycles. The summed E-state index contributed by atoms with van der Waals surface area (Å²) in [6.07, 6.45) is 5.09. The van der Waals surface area contributed by atoms with E-state index >= 15 is 0 Å². The third-order valence-corrected chi connectivity index (χ3v) is 14.2. The molecule has 4 N–H and O–H groups in total. The molecule has 0 unspecified atom stereocenters. The van der Waals surface area contributed by atoms with Gasteiger partial charge in [0.25, 0.3) is 0 Å². The third kappa shape index (κ3) is 5.32. The number of hydrogen-bond donors (Lipinski definition) is 2. The van der Waals surface area contributed by atoms with E-state index in [0.717, 1.165) is 37.6 Å². The van der Waals surface area contributed by atoms with Crippen molar-refractivity contribution in [3.8, 4) is 5.75 Å². The average Bonchev–Trinajstić information content (AvgIpc) is 2.91. The fraction of sp³-hybridized carbons (Fsp3) is 0.200. The fourth-order valence-corrected chi connectivity index (χ4v) is 11.0. The van der Waals surface area contributed by atoms with E-state index in [1.165, 1.54) is 15.9 Å². The van der Waals surface area contributed by atoms with E-state index in [2.05, 4.69) is 91.0 Å². The zero-order valence-electron chi connectivity index (χ0n) is 20.0. The van der Waals surface area contributed by atoms with Gasteiger partial charge in [-0.1, -0.05) is 0 Å². The maximum absolute atomic E-state index is 8.11. The number of anilines is 2. The topological polar surface area (TPSA) is 61.3 Å². The van der Waals surface area contributed by atoms with E-state index in [0.29, 0.717) is 18.0 Å². The summed E-state index contributed by atoms with van der Waals surface area (Å²) in [4.78, 5) is 0. The van der Waals surface area contributed by atoms with Crippen molar-refractivity contribution in [2.75, 3.05) is 24.2 Å². The number of rotatable bonds is 11. The molecule has 0 aliphatic carbocycles. The summed E-state index contributed by atoms with van der Waals surface area (Å²) in [5.41, 5.74) is 12.8. The van der Waals surface area contributed by atoms with Gasteiger partial charge in [-0.15, -0.1) is 0 Å². The summed E-state index contributed by atoms with van der Waals surface area (Å²) in [5, 5.41) is 3.67. The van der Waals surface area contributed by atoms with E-state index in [-0.39, 0.29) is 0 Å². The van der Waals surface area contributed by atoms with Crippen LogP contribution in [0.15, 0.2) is 109 Å². The van der Waals surface area contributed by atoms with Crippen LogP contribution in [-0.2, 0) is 0 Å². The average molecular weight is 505 g/mol. The quantitative estimate of drug-likeness (QED) is 0.140. The molecule has 0 radical (unpaired) electrons. The molecule has 4 aromatic carbocycles. The Morgan fingerprint density at radius 1 is 0.571 bits per heavy atom. The number of benzene rings is 4. The van der Waals surface area contributed by atoms with Crippen molar-refractivity contribution in [2.24, 2.45) is 0 Å². The number of nitrogens with two attached hydrogens (primary N) is 2. The minimum atomic E-state index is -3.16. The van der Waals surface area contributed by atoms with Gasteiger partial charge >= 0.3 is 214 Å². The van der Waals surface area contributed by atoms with E-state index < -0.39 is 5.96 Å². The van der Waals surface area contributed by atoms with Crippen molar-refractivity contribution >= 4 is 44.5 Å². The molecule has 0 saturated carbocycles. The van der Waals surface area contributed by atoms with Gasteiger partial charge in [0.2, 0.25) is 0 Å². The molecule has 4 rings (SSSR count). The molecule has 3 nitrogen and oxygen atoms in total. The normalized spacial score (nSPS) is 12.5. The van der Waals surface area contributed by atoms with Crippen LogP contribution in [-0.4, -0.2) is 12.8 Å². The Labute approximate surface area is 213 Å². The van der Waals surface area contributed by atoms with Crippen LogP contribution in [0.2, 0.25) is 0 Å². The van der Waals surface area contributed by atoms with Crippen molar-refractivity contribution in [3.05, 3.63) is 109 Å². The Morgan fingerprint density at radius 2 is 1.06 bits per heavy atom. The molecule has 182 valence electrons. The van der Waals surface area contributed by atoms with Crippen molar-refractivity contribution in [2.45, 2.75) is 25.7 Å². The van der Waals surface area contributed by atoms with Gasteiger partial charge in [-0.3, -0.25) is 0 Å². The molecule has 0 atom stereocenters. The summed E-state index contributed by atoms with van der Waals surface area (Å²) in [5.74, 6) is -2.39. The maximum atomic E-state index is 8.11. The summed E-state index contributed by atoms with van der Waals surface area (Å²) >= 11 is 8.11. The molecule has 0 heterocycles. The molecule has 35 heavy (non-hydrogen) atoms. The third-order valence-electron chi connectivity index (χ3n) is 6.68. The molecule has 0 spiro atoms. The second kappa shape index (κ2) is 11.2. The monoisotopic (exact) mass is 504 g/mol. The van der Waals surface area contributed by atoms with Crippen molar-refractivity contribution in [1.82, 2.24) is 0 Å². The molecular formula is C30H34ClN2OP. The van der Waals surface area contributed by atoms with Gasteiger partial charge in [-0.05, 0) is 0 Å². The van der Waals surface area contributed by atoms with Crippen LogP contribution in [0.4, 0.5) is 11.4 Å². The van der Waals surface area contributed by atoms with E-state index in [9.17, 15) is 0 Å². The number of ether oxygens (including phenoxy) is 1. The van der Waals surface area contributed by atoms with Crippen LogP contribution in [0.1, 0.15) is 25.7 Å². The molecule has 0 aliphatic rings. The first-order chi connectivity index (χ1) is 17.0. The minimum absolute atomic E-state index is 0.554. The molecule has 0 amide bonds. The first-order valence-electron chi connectivity index (χ1n) is 12.2. The summed E-state index contributed by atoms with van der Waals surface area (Å²) < 4.78 is 5.86. The van der Waals surface area contributed by atoms with Gasteiger partial charge in [0, 0.05) is 0 Å². The van der Waals surface area contributed by atoms with E-state index in [4.69, 9.17) is 27.4 Å². The Morgan fingerprint density at radius 3 is 1.54 bits per heavy atom. The molecular weight excluding hydrogens is 471 g/mol. The van der Waals surface area contributed by atoms with Gasteiger partial charge in [0.05, 0.1) is 0 Å². The van der Waals surface area contributed by atoms with Crippen LogP contribution in [0.25, 0.3) is 0 Å². The summed E-state index contributed by atoms with van der Waals surface area (Å²) in [6.45, 7) is 0.657. The molecule has 4 aromatic rings. The van der Waals surface area contributed by atoms with Gasteiger partial charge in [0.15, 0.2) is 0 Å². The SMILES string of the molecule is Nc1ccc(OCCCCCCP(Cl)(c2ccccc2)(c2ccccc2)c2ccccc2)cc1N. The molecule has 5 heteroatoms. The Hall–Kier alpha value is -3.00. The number of halogens is 1. The zero-order chi connectivity index (χ0) is 24.6. The molecule has 0 fully saturated rings. The molecule has 0 saturated heterocycles. The van der Waals surface area contributed by atoms with Gasteiger partial charge in [-0.2, -0.15) is 0 Å². The van der Waals surface area contributed by atoms with Gasteiger partial charge < -0.3 is 0 Å². The van der Waals surface area contributed by atoms with Crippen molar-refractivity contribution < 1.29 is 4.74 Å². The molecule has 0 bridgehead atoms. The van der Waals surface area contributed by atoms with Crippen LogP contribution >= 0.6 is 17.2 Å². The van der Waals surface area contributed by atoms with Gasteiger partial charge in [0.1, 0.15) is 0 Å². The molecule has 0 aromatic heterocycles. The van der Waals surface area contributed by atoms with Crippen LogP contribution < -0.4 is 32.1 Å². The second-order valence-electron chi connectivity index (χ2n) is 8.97. The standard InChI is InChI=1S/C30H34ClN2OP/c31-35(26-14-6-3-7-15-26,27-16-8-4-9-17-27,28-18-10-5-11-19-28)23-13-2-1-12-22-34-25-20-21-29(32)30(33)24-25/h3-11,14-21,24H,1-2,12-13,22-23,32-33H2.